The molecule has 5 rings (SSSR count). The van der Waals surface area contributed by atoms with Crippen LogP contribution in [-0.4, -0.2) is 49.2 Å². The van der Waals surface area contributed by atoms with Gasteiger partial charge in [0.15, 0.2) is 0 Å². The van der Waals surface area contributed by atoms with Crippen LogP contribution in [0.3, 0.4) is 0 Å². The number of carbonyl (C=O) groups excluding carboxylic acids is 2. The predicted octanol–water partition coefficient (Wildman–Crippen LogP) is 8.59. The van der Waals surface area contributed by atoms with Gasteiger partial charge < -0.3 is 15.4 Å². The molecular weight excluding hydrogens is 700 g/mol. The first-order chi connectivity index (χ1) is 23.2. The van der Waals surface area contributed by atoms with E-state index in [1.807, 2.05) is 6.07 Å². The number of amides is 2. The lowest BCUT2D eigenvalue weighted by Crippen LogP contribution is -2.27. The van der Waals surface area contributed by atoms with Crippen LogP contribution < -0.4 is 15.4 Å². The van der Waals surface area contributed by atoms with Gasteiger partial charge in [-0.25, -0.2) is 4.39 Å². The molecule has 1 saturated heterocycles. The van der Waals surface area contributed by atoms with E-state index in [0.717, 1.165) is 62.2 Å². The van der Waals surface area contributed by atoms with Crippen LogP contribution in [0, 0.1) is 5.82 Å². The van der Waals surface area contributed by atoms with Crippen LogP contribution in [0.1, 0.15) is 61.9 Å². The maximum atomic E-state index is 13.9. The molecule has 0 spiro atoms. The zero-order valence-electron chi connectivity index (χ0n) is 25.8. The van der Waals surface area contributed by atoms with E-state index >= 15 is 0 Å². The van der Waals surface area contributed by atoms with Crippen LogP contribution in [-0.2, 0) is 28.2 Å². The van der Waals surface area contributed by atoms with E-state index in [9.17, 15) is 44.5 Å². The van der Waals surface area contributed by atoms with Crippen LogP contribution in [0.25, 0.3) is 10.1 Å². The van der Waals surface area contributed by atoms with Gasteiger partial charge in [-0.15, -0.1) is 11.3 Å². The maximum Gasteiger partial charge on any atom is 0.460 e. The smallest absolute Gasteiger partial charge is 0.460 e. The minimum atomic E-state index is -5.06. The molecule has 1 fully saturated rings. The van der Waals surface area contributed by atoms with Gasteiger partial charge in [0.25, 0.3) is 11.8 Å². The first-order valence-corrected chi connectivity index (χ1v) is 16.7. The summed E-state index contributed by atoms with van der Waals surface area (Å²) in [5.41, 5.74) is -2.28. The standard InChI is InChI=1S/C33H28F7N3O4S2/c1-47-26-9-4-19(18-3-2-11-43(12-10-18)13-14-48-46)15-23(26)30(44)42-28-22-7-5-20(32(35,36)37)16-27(22)49-29(28)31(45)41-21-6-8-25(34)24(17-21)33(38,39)40/h4-9,15-18H,2-3,10-14H2,1H3,(H-,41,42,44,45)/p+1. The molecule has 1 unspecified atom stereocenters. The fourth-order valence-electron chi connectivity index (χ4n) is 5.78. The van der Waals surface area contributed by atoms with Crippen molar-refractivity contribution in [1.82, 2.24) is 4.90 Å². The van der Waals surface area contributed by atoms with Crippen LogP contribution in [0.2, 0.25) is 0 Å². The minimum Gasteiger partial charge on any atom is -0.496 e. The van der Waals surface area contributed by atoms with E-state index in [0.29, 0.717) is 47.4 Å². The lowest BCUT2D eigenvalue weighted by atomic mass is 9.90. The lowest BCUT2D eigenvalue weighted by molar-refractivity contribution is -0.140. The van der Waals surface area contributed by atoms with Crippen molar-refractivity contribution in [3.8, 4) is 5.75 Å². The summed E-state index contributed by atoms with van der Waals surface area (Å²) in [7, 11) is 1.36. The summed E-state index contributed by atoms with van der Waals surface area (Å²) in [5, 5.41) is 4.96. The average molecular weight is 729 g/mol. The summed E-state index contributed by atoms with van der Waals surface area (Å²) in [6.45, 7) is 2.27. The second-order valence-corrected chi connectivity index (χ2v) is 13.1. The fourth-order valence-corrected chi connectivity index (χ4v) is 7.21. The highest BCUT2D eigenvalue weighted by atomic mass is 32.1. The second-order valence-electron chi connectivity index (χ2n) is 11.4. The summed E-state index contributed by atoms with van der Waals surface area (Å²) in [4.78, 5) is 29.2. The Morgan fingerprint density at radius 3 is 2.41 bits per heavy atom. The molecule has 49 heavy (non-hydrogen) atoms. The number of ether oxygens (including phenoxy) is 1. The summed E-state index contributed by atoms with van der Waals surface area (Å²) >= 11 is 1.13. The Hall–Kier alpha value is -4.15. The Morgan fingerprint density at radius 2 is 1.71 bits per heavy atom. The number of thiophene rings is 1. The number of likely N-dealkylation sites (tertiary alicyclic amines) is 1. The van der Waals surface area contributed by atoms with E-state index in [1.54, 1.807) is 12.1 Å². The number of halogens is 7. The largest absolute Gasteiger partial charge is 0.496 e. The van der Waals surface area contributed by atoms with E-state index in [2.05, 4.69) is 15.5 Å². The number of benzene rings is 3. The van der Waals surface area contributed by atoms with Gasteiger partial charge >= 0.3 is 24.0 Å². The Kier molecular flexibility index (Phi) is 10.9. The molecule has 1 aliphatic rings. The molecule has 2 amide bonds. The number of anilines is 2. The van der Waals surface area contributed by atoms with Gasteiger partial charge in [-0.05, 0) is 86.3 Å². The van der Waals surface area contributed by atoms with Crippen molar-refractivity contribution >= 4 is 56.3 Å². The van der Waals surface area contributed by atoms with E-state index in [-0.39, 0.29) is 37.9 Å². The van der Waals surface area contributed by atoms with Crippen molar-refractivity contribution in [3.63, 3.8) is 0 Å². The van der Waals surface area contributed by atoms with Gasteiger partial charge in [0.1, 0.15) is 16.4 Å². The van der Waals surface area contributed by atoms with Gasteiger partial charge in [0, 0.05) is 20.0 Å². The molecule has 1 aromatic heterocycles. The number of rotatable bonds is 9. The molecule has 2 heterocycles. The van der Waals surface area contributed by atoms with Crippen molar-refractivity contribution < 1.29 is 49.3 Å². The third-order valence-electron chi connectivity index (χ3n) is 8.24. The van der Waals surface area contributed by atoms with Crippen molar-refractivity contribution in [3.05, 3.63) is 87.5 Å². The molecule has 0 bridgehead atoms. The number of methoxy groups -OCH3 is 1. The highest BCUT2D eigenvalue weighted by Gasteiger charge is 2.35. The number of hydrogen-bond donors (Lipinski definition) is 2. The predicted molar refractivity (Wildman–Crippen MR) is 173 cm³/mol. The SMILES string of the molecule is COc1ccc(C2CCCN(CC[S+]=O)CC2)cc1C(=O)Nc1c(C(=O)Nc2ccc(F)c(C(F)(F)F)c2)sc2cc(C(F)(F)F)ccc12. The molecule has 0 aliphatic carbocycles. The molecule has 0 radical (unpaired) electrons. The summed E-state index contributed by atoms with van der Waals surface area (Å²) < 4.78 is 111. The van der Waals surface area contributed by atoms with Crippen LogP contribution in [0.4, 0.5) is 42.1 Å². The summed E-state index contributed by atoms with van der Waals surface area (Å²) in [5.74, 6) is -2.58. The Bertz CT molecular complexity index is 1880. The Balaban J connectivity index is 1.49. The molecule has 7 nitrogen and oxygen atoms in total. The molecule has 0 saturated carbocycles. The second kappa shape index (κ2) is 14.8. The third kappa shape index (κ3) is 8.36. The maximum absolute atomic E-state index is 13.9. The molecular formula is C33H29F7N3O4S2+. The molecule has 2 N–H and O–H groups in total. The van der Waals surface area contributed by atoms with Crippen molar-refractivity contribution in [1.29, 1.82) is 0 Å². The molecule has 16 heteroatoms. The van der Waals surface area contributed by atoms with Gasteiger partial charge in [-0.3, -0.25) is 14.5 Å². The van der Waals surface area contributed by atoms with Gasteiger partial charge in [0.05, 0.1) is 36.0 Å². The Morgan fingerprint density at radius 1 is 0.939 bits per heavy atom. The molecule has 4 aromatic rings. The highest BCUT2D eigenvalue weighted by Crippen LogP contribution is 2.41. The van der Waals surface area contributed by atoms with E-state index in [1.165, 1.54) is 7.11 Å². The van der Waals surface area contributed by atoms with Crippen molar-refractivity contribution in [2.75, 3.05) is 43.1 Å². The number of alkyl halides is 6. The fraction of sp³-hybridized carbons (Fsp3) is 0.333. The summed E-state index contributed by atoms with van der Waals surface area (Å²) in [6.07, 6.45) is -7.30. The molecule has 260 valence electrons. The topological polar surface area (TPSA) is 87.7 Å². The highest BCUT2D eigenvalue weighted by molar-refractivity contribution is 7.65. The molecule has 1 aliphatic heterocycles. The Labute approximate surface area is 283 Å². The quantitative estimate of drug-likeness (QED) is 0.133. The minimum absolute atomic E-state index is 0.0236. The molecule has 1 atom stereocenters. The van der Waals surface area contributed by atoms with Gasteiger partial charge in [-0.1, -0.05) is 12.1 Å². The average Bonchev–Trinajstić information content (AvgIpc) is 3.24. The monoisotopic (exact) mass is 728 g/mol. The zero-order chi connectivity index (χ0) is 35.5. The number of fused-ring (bicyclic) bond motifs is 1. The van der Waals surface area contributed by atoms with E-state index in [4.69, 9.17) is 4.74 Å². The van der Waals surface area contributed by atoms with Crippen LogP contribution in [0.5, 0.6) is 5.75 Å². The lowest BCUT2D eigenvalue weighted by Gasteiger charge is -2.19. The normalized spacial score (nSPS) is 15.9. The van der Waals surface area contributed by atoms with E-state index < -0.39 is 46.8 Å². The first kappa shape index (κ1) is 36.1. The number of nitrogens with zero attached hydrogens (tertiary/aromatic N) is 1. The summed E-state index contributed by atoms with van der Waals surface area (Å²) in [6, 6.07) is 9.65. The van der Waals surface area contributed by atoms with Gasteiger partial charge in [0.2, 0.25) is 5.75 Å². The van der Waals surface area contributed by atoms with Crippen molar-refractivity contribution in [2.45, 2.75) is 37.5 Å². The van der Waals surface area contributed by atoms with Gasteiger partial charge in [-0.2, -0.15) is 26.3 Å². The number of carbonyl (C=O) groups is 2. The zero-order valence-corrected chi connectivity index (χ0v) is 27.4. The van der Waals surface area contributed by atoms with Crippen molar-refractivity contribution in [2.24, 2.45) is 0 Å². The van der Waals surface area contributed by atoms with Crippen LogP contribution in [0.15, 0.2) is 54.6 Å². The number of nitrogens with one attached hydrogen (secondary N) is 2. The third-order valence-corrected chi connectivity index (χ3v) is 9.74. The molecule has 3 aromatic carbocycles. The van der Waals surface area contributed by atoms with Crippen LogP contribution >= 0.6 is 11.3 Å². The number of hydrogen-bond acceptors (Lipinski definition) is 6. The first-order valence-electron chi connectivity index (χ1n) is 15.0.